The maximum atomic E-state index is 13.1. The number of amides is 2. The predicted octanol–water partition coefficient (Wildman–Crippen LogP) is 2.88. The van der Waals surface area contributed by atoms with Gasteiger partial charge in [-0.25, -0.2) is 0 Å². The summed E-state index contributed by atoms with van der Waals surface area (Å²) < 4.78 is 16.8. The molecule has 37 heavy (non-hydrogen) atoms. The van der Waals surface area contributed by atoms with Crippen molar-refractivity contribution in [2.45, 2.75) is 58.9 Å². The summed E-state index contributed by atoms with van der Waals surface area (Å²) in [5, 5.41) is 16.7. The predicted molar refractivity (Wildman–Crippen MR) is 143 cm³/mol. The molecule has 3 atom stereocenters. The molecule has 2 aromatic carbocycles. The van der Waals surface area contributed by atoms with Gasteiger partial charge in [-0.05, 0) is 24.5 Å². The first kappa shape index (κ1) is 30.4. The van der Waals surface area contributed by atoms with Gasteiger partial charge < -0.3 is 30.0 Å². The van der Waals surface area contributed by atoms with E-state index in [0.29, 0.717) is 32.8 Å². The zero-order chi connectivity index (χ0) is 27.1. The Bertz CT molecular complexity index is 917. The Morgan fingerprint density at radius 1 is 0.838 bits per heavy atom. The molecule has 2 rings (SSSR count). The highest BCUT2D eigenvalue weighted by Crippen LogP contribution is 2.15. The van der Waals surface area contributed by atoms with Gasteiger partial charge in [0.1, 0.15) is 0 Å². The third-order valence-corrected chi connectivity index (χ3v) is 5.62. The fourth-order valence-corrected chi connectivity index (χ4v) is 3.48. The van der Waals surface area contributed by atoms with Crippen molar-refractivity contribution in [3.63, 3.8) is 0 Å². The van der Waals surface area contributed by atoms with Gasteiger partial charge in [-0.3, -0.25) is 9.59 Å². The van der Waals surface area contributed by atoms with Crippen molar-refractivity contribution < 1.29 is 28.9 Å². The second-order valence-electron chi connectivity index (χ2n) is 9.94. The lowest BCUT2D eigenvalue weighted by atomic mass is 9.93. The van der Waals surface area contributed by atoms with E-state index in [1.165, 1.54) is 0 Å². The molecule has 0 bridgehead atoms. The molecule has 2 amide bonds. The van der Waals surface area contributed by atoms with Gasteiger partial charge in [0.25, 0.3) is 5.91 Å². The third-order valence-electron chi connectivity index (χ3n) is 5.62. The molecule has 8 heteroatoms. The molecule has 0 aliphatic heterocycles. The van der Waals surface area contributed by atoms with Crippen molar-refractivity contribution in [1.82, 2.24) is 10.6 Å². The van der Waals surface area contributed by atoms with Gasteiger partial charge in [0.15, 0.2) is 6.10 Å². The molecule has 0 saturated carbocycles. The average molecular weight is 515 g/mol. The van der Waals surface area contributed by atoms with E-state index in [2.05, 4.69) is 10.6 Å². The molecule has 0 fully saturated rings. The highest BCUT2D eigenvalue weighted by molar-refractivity contribution is 5.85. The number of aliphatic hydroxyl groups is 1. The highest BCUT2D eigenvalue weighted by Gasteiger charge is 2.32. The summed E-state index contributed by atoms with van der Waals surface area (Å²) >= 11 is 0. The molecule has 0 saturated heterocycles. The van der Waals surface area contributed by atoms with Crippen LogP contribution in [0, 0.1) is 5.41 Å². The van der Waals surface area contributed by atoms with Gasteiger partial charge in [0, 0.05) is 12.0 Å². The van der Waals surface area contributed by atoms with Crippen molar-refractivity contribution in [2.75, 3.05) is 33.0 Å². The molecule has 0 spiro atoms. The van der Waals surface area contributed by atoms with Crippen LogP contribution >= 0.6 is 0 Å². The number of carbonyl (C=O) groups is 2. The number of aliphatic hydroxyl groups excluding tert-OH is 1. The Morgan fingerprint density at radius 2 is 1.41 bits per heavy atom. The minimum Gasteiger partial charge on any atom is -0.381 e. The lowest BCUT2D eigenvalue weighted by molar-refractivity contribution is -0.135. The Balaban J connectivity index is 2.05. The van der Waals surface area contributed by atoms with Gasteiger partial charge in [0.2, 0.25) is 5.91 Å². The van der Waals surface area contributed by atoms with Crippen molar-refractivity contribution in [3.8, 4) is 0 Å². The van der Waals surface area contributed by atoms with Crippen LogP contribution in [0.5, 0.6) is 0 Å². The van der Waals surface area contributed by atoms with Crippen LogP contribution in [-0.2, 0) is 36.8 Å². The largest absolute Gasteiger partial charge is 0.381 e. The Hall–Kier alpha value is -2.78. The quantitative estimate of drug-likeness (QED) is 0.298. The molecule has 1 unspecified atom stereocenters. The molecule has 0 radical (unpaired) electrons. The molecule has 3 N–H and O–H groups in total. The zero-order valence-electron chi connectivity index (χ0n) is 22.4. The fourth-order valence-electron chi connectivity index (χ4n) is 3.48. The van der Waals surface area contributed by atoms with Crippen LogP contribution in [0.2, 0.25) is 0 Å². The van der Waals surface area contributed by atoms with Crippen molar-refractivity contribution in [3.05, 3.63) is 71.8 Å². The van der Waals surface area contributed by atoms with Crippen LogP contribution in [0.25, 0.3) is 0 Å². The Kier molecular flexibility index (Phi) is 13.3. The van der Waals surface area contributed by atoms with Crippen molar-refractivity contribution in [2.24, 2.45) is 5.41 Å². The monoisotopic (exact) mass is 514 g/mol. The van der Waals surface area contributed by atoms with Gasteiger partial charge in [0.05, 0.1) is 45.1 Å². The van der Waals surface area contributed by atoms with Crippen LogP contribution in [0.1, 0.15) is 38.8 Å². The summed E-state index contributed by atoms with van der Waals surface area (Å²) in [5.41, 5.74) is 1.24. The van der Waals surface area contributed by atoms with E-state index in [9.17, 15) is 14.7 Å². The van der Waals surface area contributed by atoms with E-state index in [0.717, 1.165) is 11.1 Å². The summed E-state index contributed by atoms with van der Waals surface area (Å²) in [6, 6.07) is 17.9. The Labute approximate surface area is 220 Å². The van der Waals surface area contributed by atoms with E-state index in [1.54, 1.807) is 20.8 Å². The minimum atomic E-state index is -1.47. The Morgan fingerprint density at radius 3 is 2.00 bits per heavy atom. The number of hydrogen-bond acceptors (Lipinski definition) is 6. The van der Waals surface area contributed by atoms with E-state index >= 15 is 0 Å². The number of ether oxygens (including phenoxy) is 3. The van der Waals surface area contributed by atoms with Crippen LogP contribution in [0.3, 0.4) is 0 Å². The highest BCUT2D eigenvalue weighted by atomic mass is 16.5. The summed E-state index contributed by atoms with van der Waals surface area (Å²) in [7, 11) is 0. The standard InChI is InChI=1S/C29H42N2O6/c1-5-35-16-17-36-20-24(21-37-19-23-14-10-7-11-15-23)30-27(33)26(32)25(31-28(34)29(2,3)4)18-22-12-8-6-9-13-22/h6-15,24-26,32H,5,16-21H2,1-4H3,(H,30,33)(H,31,34)/t24-,25+,26?/m1/s1. The second kappa shape index (κ2) is 16.1. The first-order valence-corrected chi connectivity index (χ1v) is 12.8. The first-order valence-electron chi connectivity index (χ1n) is 12.8. The number of hydrogen-bond donors (Lipinski definition) is 3. The SMILES string of the molecule is CCOCCOC[C@H](COCc1ccccc1)NC(=O)C(O)[C@H](Cc1ccccc1)NC(=O)C(C)(C)C. The maximum absolute atomic E-state index is 13.1. The van der Waals surface area contributed by atoms with Gasteiger partial charge in [-0.1, -0.05) is 81.4 Å². The molecule has 0 aliphatic rings. The average Bonchev–Trinajstić information content (AvgIpc) is 2.88. The van der Waals surface area contributed by atoms with Crippen molar-refractivity contribution >= 4 is 11.8 Å². The molecule has 204 valence electrons. The number of carbonyl (C=O) groups excluding carboxylic acids is 2. The number of nitrogens with one attached hydrogen (secondary N) is 2. The summed E-state index contributed by atoms with van der Waals surface area (Å²) in [6.45, 7) is 9.45. The summed E-state index contributed by atoms with van der Waals surface area (Å²) in [6.07, 6.45) is -1.16. The molecule has 0 aromatic heterocycles. The lowest BCUT2D eigenvalue weighted by Crippen LogP contribution is -2.56. The van der Waals surface area contributed by atoms with Crippen molar-refractivity contribution in [1.29, 1.82) is 0 Å². The summed E-state index contributed by atoms with van der Waals surface area (Å²) in [4.78, 5) is 25.8. The van der Waals surface area contributed by atoms with E-state index in [-0.39, 0.29) is 19.1 Å². The smallest absolute Gasteiger partial charge is 0.251 e. The van der Waals surface area contributed by atoms with Gasteiger partial charge in [-0.15, -0.1) is 0 Å². The topological polar surface area (TPSA) is 106 Å². The minimum absolute atomic E-state index is 0.192. The van der Waals surface area contributed by atoms with E-state index < -0.39 is 29.5 Å². The van der Waals surface area contributed by atoms with E-state index in [1.807, 2.05) is 67.6 Å². The van der Waals surface area contributed by atoms with Crippen LogP contribution in [0.15, 0.2) is 60.7 Å². The summed E-state index contributed by atoms with van der Waals surface area (Å²) in [5.74, 6) is -0.848. The van der Waals surface area contributed by atoms with E-state index in [4.69, 9.17) is 14.2 Å². The maximum Gasteiger partial charge on any atom is 0.251 e. The molecular weight excluding hydrogens is 472 g/mol. The number of benzene rings is 2. The van der Waals surface area contributed by atoms with Gasteiger partial charge >= 0.3 is 0 Å². The molecule has 0 aliphatic carbocycles. The third kappa shape index (κ3) is 11.9. The second-order valence-corrected chi connectivity index (χ2v) is 9.94. The van der Waals surface area contributed by atoms with Crippen LogP contribution in [-0.4, -0.2) is 68.1 Å². The normalized spacial score (nSPS) is 14.0. The molecule has 0 heterocycles. The lowest BCUT2D eigenvalue weighted by Gasteiger charge is -2.29. The van der Waals surface area contributed by atoms with Crippen LogP contribution in [0.4, 0.5) is 0 Å². The first-order chi connectivity index (χ1) is 17.7. The number of rotatable bonds is 16. The van der Waals surface area contributed by atoms with Gasteiger partial charge in [-0.2, -0.15) is 0 Å². The molecule has 2 aromatic rings. The fraction of sp³-hybridized carbons (Fsp3) is 0.517. The molecular formula is C29H42N2O6. The zero-order valence-corrected chi connectivity index (χ0v) is 22.4. The van der Waals surface area contributed by atoms with Crippen LogP contribution < -0.4 is 10.6 Å². The molecule has 8 nitrogen and oxygen atoms in total.